The SMILES string of the molecule is CCc1ccc(S(=O)(=O)Nc2cc(C(=O)O)ccc2N2CCC(C)CC2)cc1.O=C(O)C(F)(F)F. The van der Waals surface area contributed by atoms with E-state index in [9.17, 15) is 31.5 Å². The minimum atomic E-state index is -5.08. The summed E-state index contributed by atoms with van der Waals surface area (Å²) in [5.41, 5.74) is 2.11. The molecular formula is C23H27F3N2O6S. The van der Waals surface area contributed by atoms with E-state index < -0.39 is 28.1 Å². The maximum absolute atomic E-state index is 12.9. The zero-order valence-corrected chi connectivity index (χ0v) is 20.0. The number of piperidine rings is 1. The Bertz CT molecular complexity index is 1140. The molecule has 2 aromatic rings. The number of carboxylic acid groups (broad SMARTS) is 2. The Morgan fingerprint density at radius 3 is 2.06 bits per heavy atom. The lowest BCUT2D eigenvalue weighted by Gasteiger charge is -2.33. The number of aliphatic carboxylic acids is 1. The van der Waals surface area contributed by atoms with Gasteiger partial charge in [0.15, 0.2) is 0 Å². The predicted octanol–water partition coefficient (Wildman–Crippen LogP) is 4.62. The summed E-state index contributed by atoms with van der Waals surface area (Å²) in [5.74, 6) is -3.22. The summed E-state index contributed by atoms with van der Waals surface area (Å²) in [4.78, 5) is 22.6. The second-order valence-electron chi connectivity index (χ2n) is 8.11. The van der Waals surface area contributed by atoms with E-state index in [1.165, 1.54) is 12.1 Å². The Hall–Kier alpha value is -3.28. The summed E-state index contributed by atoms with van der Waals surface area (Å²) in [6.45, 7) is 5.83. The summed E-state index contributed by atoms with van der Waals surface area (Å²) in [6.07, 6.45) is -2.22. The van der Waals surface area contributed by atoms with Gasteiger partial charge in [0.05, 0.1) is 21.8 Å². The third-order valence-electron chi connectivity index (χ3n) is 5.50. The average molecular weight is 517 g/mol. The monoisotopic (exact) mass is 516 g/mol. The van der Waals surface area contributed by atoms with Gasteiger partial charge >= 0.3 is 18.1 Å². The van der Waals surface area contributed by atoms with Crippen LogP contribution in [0.1, 0.15) is 42.6 Å². The molecule has 0 amide bonds. The average Bonchev–Trinajstić information content (AvgIpc) is 2.79. The molecule has 0 saturated carbocycles. The number of alkyl halides is 3. The molecule has 1 saturated heterocycles. The van der Waals surface area contributed by atoms with Gasteiger partial charge < -0.3 is 15.1 Å². The van der Waals surface area contributed by atoms with Gasteiger partial charge in [0.1, 0.15) is 0 Å². The lowest BCUT2D eigenvalue weighted by atomic mass is 9.98. The van der Waals surface area contributed by atoms with E-state index in [0.717, 1.165) is 37.9 Å². The van der Waals surface area contributed by atoms with Gasteiger partial charge in [0, 0.05) is 13.1 Å². The Kier molecular flexibility index (Phi) is 9.13. The summed E-state index contributed by atoms with van der Waals surface area (Å²) in [6, 6.07) is 11.3. The molecule has 0 spiro atoms. The Morgan fingerprint density at radius 1 is 1.06 bits per heavy atom. The number of aromatic carboxylic acids is 1. The number of carboxylic acids is 2. The standard InChI is InChI=1S/C21H26N2O4S.C2HF3O2/c1-3-16-4-7-18(8-5-16)28(26,27)22-19-14-17(21(24)25)6-9-20(19)23-12-10-15(2)11-13-23;3-2(4,5)1(6)7/h4-9,14-15,22H,3,10-13H2,1-2H3,(H,24,25);(H,6,7). The molecule has 8 nitrogen and oxygen atoms in total. The van der Waals surface area contributed by atoms with Crippen molar-refractivity contribution < 1.29 is 41.4 Å². The van der Waals surface area contributed by atoms with E-state index in [0.29, 0.717) is 17.3 Å². The Morgan fingerprint density at radius 2 is 1.60 bits per heavy atom. The van der Waals surface area contributed by atoms with Crippen molar-refractivity contribution in [2.75, 3.05) is 22.7 Å². The molecular weight excluding hydrogens is 489 g/mol. The van der Waals surface area contributed by atoms with Gasteiger partial charge in [-0.25, -0.2) is 18.0 Å². The molecule has 0 radical (unpaired) electrons. The summed E-state index contributed by atoms with van der Waals surface area (Å²) < 4.78 is 60.1. The van der Waals surface area contributed by atoms with Gasteiger partial charge in [-0.2, -0.15) is 13.2 Å². The van der Waals surface area contributed by atoms with Crippen LogP contribution < -0.4 is 9.62 Å². The number of halogens is 3. The number of aryl methyl sites for hydroxylation is 1. The third kappa shape index (κ3) is 7.88. The maximum atomic E-state index is 12.9. The third-order valence-corrected chi connectivity index (χ3v) is 6.88. The van der Waals surface area contributed by atoms with Gasteiger partial charge in [-0.1, -0.05) is 26.0 Å². The highest BCUT2D eigenvalue weighted by atomic mass is 32.2. The van der Waals surface area contributed by atoms with Crippen LogP contribution in [0.15, 0.2) is 47.4 Å². The minimum absolute atomic E-state index is 0.0492. The number of sulfonamides is 1. The van der Waals surface area contributed by atoms with E-state index in [1.807, 2.05) is 6.92 Å². The number of anilines is 2. The normalized spacial score (nSPS) is 14.6. The molecule has 1 heterocycles. The van der Waals surface area contributed by atoms with Crippen LogP contribution in [0.3, 0.4) is 0 Å². The number of nitrogens with one attached hydrogen (secondary N) is 1. The van der Waals surface area contributed by atoms with Crippen molar-refractivity contribution in [3.8, 4) is 0 Å². The van der Waals surface area contributed by atoms with Crippen LogP contribution in [0.5, 0.6) is 0 Å². The van der Waals surface area contributed by atoms with Crippen molar-refractivity contribution in [1.29, 1.82) is 0 Å². The van der Waals surface area contributed by atoms with Crippen LogP contribution in [0, 0.1) is 5.92 Å². The lowest BCUT2D eigenvalue weighted by molar-refractivity contribution is -0.192. The smallest absolute Gasteiger partial charge is 0.478 e. The van der Waals surface area contributed by atoms with E-state index in [4.69, 9.17) is 9.90 Å². The summed E-state index contributed by atoms with van der Waals surface area (Å²) in [5, 5.41) is 16.5. The highest BCUT2D eigenvalue weighted by Gasteiger charge is 2.38. The lowest BCUT2D eigenvalue weighted by Crippen LogP contribution is -2.33. The van der Waals surface area contributed by atoms with Gasteiger partial charge in [-0.15, -0.1) is 0 Å². The Balaban J connectivity index is 0.000000540. The van der Waals surface area contributed by atoms with Crippen molar-refractivity contribution in [3.63, 3.8) is 0 Å². The number of rotatable bonds is 6. The number of benzene rings is 2. The number of nitrogens with zero attached hydrogens (tertiary/aromatic N) is 1. The van der Waals surface area contributed by atoms with E-state index in [2.05, 4.69) is 16.5 Å². The summed E-state index contributed by atoms with van der Waals surface area (Å²) >= 11 is 0. The van der Waals surface area contributed by atoms with Crippen LogP contribution >= 0.6 is 0 Å². The fraction of sp³-hybridized carbons (Fsp3) is 0.391. The number of hydrogen-bond acceptors (Lipinski definition) is 5. The molecule has 3 rings (SSSR count). The zero-order chi connectivity index (χ0) is 26.4. The number of hydrogen-bond donors (Lipinski definition) is 3. The highest BCUT2D eigenvalue weighted by molar-refractivity contribution is 7.92. The highest BCUT2D eigenvalue weighted by Crippen LogP contribution is 2.32. The molecule has 0 unspecified atom stereocenters. The van der Waals surface area contributed by atoms with Crippen LogP contribution in [0.25, 0.3) is 0 Å². The molecule has 1 aliphatic heterocycles. The second-order valence-corrected chi connectivity index (χ2v) is 9.79. The molecule has 0 aromatic heterocycles. The van der Waals surface area contributed by atoms with Crippen molar-refractivity contribution >= 4 is 33.3 Å². The van der Waals surface area contributed by atoms with Gasteiger partial charge in [-0.05, 0) is 61.1 Å². The van der Waals surface area contributed by atoms with Gasteiger partial charge in [0.25, 0.3) is 10.0 Å². The van der Waals surface area contributed by atoms with E-state index >= 15 is 0 Å². The zero-order valence-electron chi connectivity index (χ0n) is 19.2. The van der Waals surface area contributed by atoms with Crippen LogP contribution in [0.2, 0.25) is 0 Å². The molecule has 0 aliphatic carbocycles. The first-order chi connectivity index (χ1) is 16.2. The first kappa shape index (κ1) is 28.0. The van der Waals surface area contributed by atoms with E-state index in [-0.39, 0.29) is 10.5 Å². The van der Waals surface area contributed by atoms with Crippen LogP contribution in [-0.4, -0.2) is 49.8 Å². The van der Waals surface area contributed by atoms with Crippen molar-refractivity contribution in [2.24, 2.45) is 5.92 Å². The molecule has 3 N–H and O–H groups in total. The molecule has 12 heteroatoms. The van der Waals surface area contributed by atoms with Crippen LogP contribution in [0.4, 0.5) is 24.5 Å². The molecule has 192 valence electrons. The topological polar surface area (TPSA) is 124 Å². The predicted molar refractivity (Wildman–Crippen MR) is 124 cm³/mol. The molecule has 1 fully saturated rings. The first-order valence-corrected chi connectivity index (χ1v) is 12.3. The van der Waals surface area contributed by atoms with Crippen molar-refractivity contribution in [3.05, 3.63) is 53.6 Å². The van der Waals surface area contributed by atoms with Crippen molar-refractivity contribution in [1.82, 2.24) is 0 Å². The van der Waals surface area contributed by atoms with Gasteiger partial charge in [-0.3, -0.25) is 4.72 Å². The molecule has 2 aromatic carbocycles. The fourth-order valence-corrected chi connectivity index (χ4v) is 4.45. The van der Waals surface area contributed by atoms with E-state index in [1.54, 1.807) is 30.3 Å². The van der Waals surface area contributed by atoms with Crippen molar-refractivity contribution in [2.45, 2.75) is 44.2 Å². The van der Waals surface area contributed by atoms with Gasteiger partial charge in [0.2, 0.25) is 0 Å². The molecule has 35 heavy (non-hydrogen) atoms. The Labute approximate surface area is 201 Å². The number of carbonyl (C=O) groups is 2. The maximum Gasteiger partial charge on any atom is 0.490 e. The van der Waals surface area contributed by atoms with Crippen LogP contribution in [-0.2, 0) is 21.2 Å². The molecule has 0 atom stereocenters. The summed E-state index contributed by atoms with van der Waals surface area (Å²) in [7, 11) is -3.82. The minimum Gasteiger partial charge on any atom is -0.478 e. The molecule has 1 aliphatic rings. The first-order valence-electron chi connectivity index (χ1n) is 10.8. The largest absolute Gasteiger partial charge is 0.490 e. The fourth-order valence-electron chi connectivity index (χ4n) is 3.38. The quantitative estimate of drug-likeness (QED) is 0.512. The molecule has 0 bridgehead atoms. The second kappa shape index (κ2) is 11.4.